The molecule has 5 rings (SSSR count). The molecule has 0 bridgehead atoms. The molecule has 0 radical (unpaired) electrons. The van der Waals surface area contributed by atoms with E-state index >= 15 is 0 Å². The lowest BCUT2D eigenvalue weighted by molar-refractivity contribution is -0.125. The highest BCUT2D eigenvalue weighted by atomic mass is 19.1. The topological polar surface area (TPSA) is 159 Å². The number of nitrogens with zero attached hydrogens (tertiary/aromatic N) is 6. The predicted molar refractivity (Wildman–Crippen MR) is 143 cm³/mol. The number of aromatic nitrogens is 6. The third-order valence-corrected chi connectivity index (χ3v) is 7.19. The number of halogens is 2. The summed E-state index contributed by atoms with van der Waals surface area (Å²) in [5, 5.41) is 20.2. The monoisotopic (exact) mass is 566 g/mol. The van der Waals surface area contributed by atoms with Crippen molar-refractivity contribution in [1.29, 1.82) is 0 Å². The molecule has 0 fully saturated rings. The van der Waals surface area contributed by atoms with Gasteiger partial charge in [0.2, 0.25) is 11.3 Å². The van der Waals surface area contributed by atoms with Gasteiger partial charge in [0.15, 0.2) is 28.7 Å². The van der Waals surface area contributed by atoms with Gasteiger partial charge < -0.3 is 19.9 Å². The van der Waals surface area contributed by atoms with Crippen LogP contribution < -0.4 is 10.7 Å². The van der Waals surface area contributed by atoms with E-state index in [2.05, 4.69) is 30.5 Å². The lowest BCUT2D eigenvalue weighted by atomic mass is 9.98. The first-order chi connectivity index (χ1) is 19.6. The zero-order valence-electron chi connectivity index (χ0n) is 22.6. The van der Waals surface area contributed by atoms with Gasteiger partial charge in [0, 0.05) is 43.2 Å². The molecule has 1 unspecified atom stereocenters. The maximum atomic E-state index is 14.7. The molecule has 0 saturated heterocycles. The van der Waals surface area contributed by atoms with E-state index in [0.717, 1.165) is 12.4 Å². The summed E-state index contributed by atoms with van der Waals surface area (Å²) in [4.78, 5) is 52.3. The molecule has 0 saturated carbocycles. The van der Waals surface area contributed by atoms with Crippen molar-refractivity contribution in [2.75, 3.05) is 6.54 Å². The predicted octanol–water partition coefficient (Wildman–Crippen LogP) is 2.31. The number of aromatic hydroxyl groups is 1. The van der Waals surface area contributed by atoms with Gasteiger partial charge in [-0.25, -0.2) is 23.7 Å². The Morgan fingerprint density at radius 2 is 1.95 bits per heavy atom. The number of rotatable bonds is 8. The van der Waals surface area contributed by atoms with E-state index in [4.69, 9.17) is 0 Å². The number of carbonyl (C=O) groups is 2. The van der Waals surface area contributed by atoms with Gasteiger partial charge in [-0.3, -0.25) is 19.5 Å². The SMILES string of the molecule is CCC(Cc1nc(-c2[nH]nc3ncc(F)cc23)ncc1F)C(=O)NCc1cc(=O)c(O)c2n1CCN(C(C)C)C2=O. The number of hydrogen-bond donors (Lipinski definition) is 3. The number of pyridine rings is 2. The largest absolute Gasteiger partial charge is 0.503 e. The lowest BCUT2D eigenvalue weighted by Crippen LogP contribution is -2.46. The summed E-state index contributed by atoms with van der Waals surface area (Å²) in [6.45, 7) is 6.10. The molecule has 1 aliphatic rings. The van der Waals surface area contributed by atoms with Crippen molar-refractivity contribution in [3.63, 3.8) is 0 Å². The minimum atomic E-state index is -0.719. The number of amides is 2. The summed E-state index contributed by atoms with van der Waals surface area (Å²) < 4.78 is 30.0. The molecule has 0 aliphatic carbocycles. The molecule has 12 nitrogen and oxygen atoms in total. The van der Waals surface area contributed by atoms with Gasteiger partial charge in [0.25, 0.3) is 5.91 Å². The van der Waals surface area contributed by atoms with Crippen LogP contribution >= 0.6 is 0 Å². The summed E-state index contributed by atoms with van der Waals surface area (Å²) >= 11 is 0. The van der Waals surface area contributed by atoms with Gasteiger partial charge >= 0.3 is 0 Å². The average molecular weight is 567 g/mol. The Bertz CT molecular complexity index is 1720. The number of hydrogen-bond acceptors (Lipinski definition) is 8. The Balaban J connectivity index is 1.35. The van der Waals surface area contributed by atoms with Crippen LogP contribution in [0.15, 0.2) is 29.3 Å². The standard InChI is InChI=1S/C27H28F2N8O4/c1-4-14(7-19-18(29)12-31-25(33-19)21-17-8-15(28)10-30-24(17)35-34-21)26(40)32-11-16-9-20(38)23(39)22-27(41)36(13(2)3)5-6-37(16)22/h8-10,12-14,39H,4-7,11H2,1-3H3,(H,32,40)(H,30,34,35). The second kappa shape index (κ2) is 11.0. The normalized spacial score (nSPS) is 14.0. The molecule has 0 aromatic carbocycles. The molecular formula is C27H28F2N8O4. The highest BCUT2D eigenvalue weighted by molar-refractivity contribution is 5.96. The quantitative estimate of drug-likeness (QED) is 0.293. The van der Waals surface area contributed by atoms with Crippen LogP contribution in [0.4, 0.5) is 8.78 Å². The van der Waals surface area contributed by atoms with Crippen LogP contribution in [-0.4, -0.2) is 64.1 Å². The maximum Gasteiger partial charge on any atom is 0.274 e. The van der Waals surface area contributed by atoms with Crippen molar-refractivity contribution in [2.24, 2.45) is 5.92 Å². The van der Waals surface area contributed by atoms with E-state index in [9.17, 15) is 28.3 Å². The number of aromatic amines is 1. The first kappa shape index (κ1) is 27.8. The highest BCUT2D eigenvalue weighted by Crippen LogP contribution is 2.25. The van der Waals surface area contributed by atoms with Gasteiger partial charge in [-0.2, -0.15) is 5.10 Å². The molecule has 1 atom stereocenters. The van der Waals surface area contributed by atoms with Crippen molar-refractivity contribution >= 4 is 22.8 Å². The van der Waals surface area contributed by atoms with Gasteiger partial charge in [0.05, 0.1) is 30.0 Å². The highest BCUT2D eigenvalue weighted by Gasteiger charge is 2.31. The number of nitrogens with one attached hydrogen (secondary N) is 2. The smallest absolute Gasteiger partial charge is 0.274 e. The van der Waals surface area contributed by atoms with E-state index in [1.807, 2.05) is 13.8 Å². The molecule has 2 amide bonds. The fourth-order valence-electron chi connectivity index (χ4n) is 4.93. The molecule has 14 heteroatoms. The van der Waals surface area contributed by atoms with E-state index < -0.39 is 40.5 Å². The van der Waals surface area contributed by atoms with Gasteiger partial charge in [-0.1, -0.05) is 6.92 Å². The summed E-state index contributed by atoms with van der Waals surface area (Å²) in [6.07, 6.45) is 2.30. The van der Waals surface area contributed by atoms with Crippen LogP contribution in [0, 0.1) is 17.6 Å². The summed E-state index contributed by atoms with van der Waals surface area (Å²) in [5.41, 5.74) is 0.0379. The molecule has 0 spiro atoms. The molecule has 214 valence electrons. The molecular weight excluding hydrogens is 538 g/mol. The number of H-pyrrole nitrogens is 1. The van der Waals surface area contributed by atoms with Gasteiger partial charge in [-0.15, -0.1) is 0 Å². The van der Waals surface area contributed by atoms with E-state index in [1.165, 1.54) is 12.1 Å². The van der Waals surface area contributed by atoms with E-state index in [-0.39, 0.29) is 47.6 Å². The molecule has 41 heavy (non-hydrogen) atoms. The van der Waals surface area contributed by atoms with Crippen LogP contribution in [0.1, 0.15) is 49.1 Å². The van der Waals surface area contributed by atoms with Crippen LogP contribution in [-0.2, 0) is 24.3 Å². The summed E-state index contributed by atoms with van der Waals surface area (Å²) in [5.74, 6) is -3.40. The fraction of sp³-hybridized carbons (Fsp3) is 0.370. The van der Waals surface area contributed by atoms with Crippen LogP contribution in [0.2, 0.25) is 0 Å². The Labute approximate surface area is 232 Å². The van der Waals surface area contributed by atoms with Crippen molar-refractivity contribution in [3.05, 3.63) is 63.5 Å². The Morgan fingerprint density at radius 3 is 2.68 bits per heavy atom. The summed E-state index contributed by atoms with van der Waals surface area (Å²) in [6, 6.07) is 2.30. The maximum absolute atomic E-state index is 14.7. The molecule has 5 heterocycles. The summed E-state index contributed by atoms with van der Waals surface area (Å²) in [7, 11) is 0. The first-order valence-electron chi connectivity index (χ1n) is 13.1. The molecule has 4 aromatic rings. The zero-order valence-corrected chi connectivity index (χ0v) is 22.6. The average Bonchev–Trinajstić information content (AvgIpc) is 3.36. The van der Waals surface area contributed by atoms with Crippen molar-refractivity contribution in [1.82, 2.24) is 39.9 Å². The Morgan fingerprint density at radius 1 is 1.17 bits per heavy atom. The Kier molecular flexibility index (Phi) is 7.47. The van der Waals surface area contributed by atoms with Crippen molar-refractivity contribution < 1.29 is 23.5 Å². The molecule has 1 aliphatic heterocycles. The molecule has 4 aromatic heterocycles. The van der Waals surface area contributed by atoms with Crippen LogP contribution in [0.5, 0.6) is 5.75 Å². The van der Waals surface area contributed by atoms with Crippen molar-refractivity contribution in [2.45, 2.75) is 52.7 Å². The molecule has 3 N–H and O–H groups in total. The second-order valence-corrected chi connectivity index (χ2v) is 10.1. The third-order valence-electron chi connectivity index (χ3n) is 7.19. The van der Waals surface area contributed by atoms with E-state index in [1.54, 1.807) is 16.4 Å². The van der Waals surface area contributed by atoms with Crippen molar-refractivity contribution in [3.8, 4) is 17.3 Å². The Hall–Kier alpha value is -4.75. The van der Waals surface area contributed by atoms with Gasteiger partial charge in [-0.05, 0) is 26.3 Å². The van der Waals surface area contributed by atoms with E-state index in [0.29, 0.717) is 30.6 Å². The number of fused-ring (bicyclic) bond motifs is 2. The zero-order chi connectivity index (χ0) is 29.4. The minimum absolute atomic E-state index is 0.0123. The lowest BCUT2D eigenvalue weighted by Gasteiger charge is -2.34. The minimum Gasteiger partial charge on any atom is -0.503 e. The van der Waals surface area contributed by atoms with Gasteiger partial charge in [0.1, 0.15) is 11.5 Å². The van der Waals surface area contributed by atoms with Crippen LogP contribution in [0.25, 0.3) is 22.6 Å². The van der Waals surface area contributed by atoms with Crippen LogP contribution in [0.3, 0.4) is 0 Å². The number of carbonyl (C=O) groups excluding carboxylic acids is 2. The third kappa shape index (κ3) is 5.24. The second-order valence-electron chi connectivity index (χ2n) is 10.1. The first-order valence-corrected chi connectivity index (χ1v) is 13.1. The fourth-order valence-corrected chi connectivity index (χ4v) is 4.93.